The molecule has 0 radical (unpaired) electrons. The predicted octanol–water partition coefficient (Wildman–Crippen LogP) is 5.62. The smallest absolute Gasteiger partial charge is 0.262 e. The molecule has 0 saturated carbocycles. The van der Waals surface area contributed by atoms with Crippen LogP contribution in [-0.2, 0) is 16.8 Å². The summed E-state index contributed by atoms with van der Waals surface area (Å²) in [5.74, 6) is -0.370. The zero-order chi connectivity index (χ0) is 22.6. The Labute approximate surface area is 184 Å². The molecule has 158 valence electrons. The first-order valence-electron chi connectivity index (χ1n) is 10.4. The van der Waals surface area contributed by atoms with Gasteiger partial charge in [0, 0.05) is 23.6 Å². The van der Waals surface area contributed by atoms with Crippen LogP contribution in [0.5, 0.6) is 0 Å². The molecule has 4 heteroatoms. The summed E-state index contributed by atoms with van der Waals surface area (Å²) in [5, 5.41) is 12.4. The van der Waals surface area contributed by atoms with Gasteiger partial charge in [0.15, 0.2) is 0 Å². The van der Waals surface area contributed by atoms with Gasteiger partial charge in [-0.2, -0.15) is 5.26 Å². The molecule has 1 aromatic heterocycles. The highest BCUT2D eigenvalue weighted by Crippen LogP contribution is 2.26. The van der Waals surface area contributed by atoms with Crippen molar-refractivity contribution in [3.63, 3.8) is 0 Å². The topological polar surface area (TPSA) is 57.8 Å². The van der Waals surface area contributed by atoms with Crippen LogP contribution >= 0.6 is 0 Å². The number of nitriles is 1. The van der Waals surface area contributed by atoms with Crippen molar-refractivity contribution in [1.82, 2.24) is 9.88 Å². The van der Waals surface area contributed by atoms with E-state index in [1.807, 2.05) is 56.3 Å². The zero-order valence-electron chi connectivity index (χ0n) is 18.9. The number of aryl methyl sites for hydroxylation is 1. The number of nitrogens with one attached hydrogen (secondary N) is 1. The van der Waals surface area contributed by atoms with Crippen LogP contribution in [0, 0.1) is 25.2 Å². The van der Waals surface area contributed by atoms with Gasteiger partial charge in [-0.15, -0.1) is 0 Å². The van der Waals surface area contributed by atoms with Gasteiger partial charge in [0.1, 0.15) is 11.6 Å². The van der Waals surface area contributed by atoms with E-state index in [9.17, 15) is 10.1 Å². The molecular weight excluding hydrogens is 382 g/mol. The van der Waals surface area contributed by atoms with Gasteiger partial charge >= 0.3 is 0 Å². The Hall–Kier alpha value is -3.58. The van der Waals surface area contributed by atoms with Gasteiger partial charge in [-0.25, -0.2) is 0 Å². The lowest BCUT2D eigenvalue weighted by molar-refractivity contribution is -0.117. The Morgan fingerprint density at radius 3 is 2.29 bits per heavy atom. The van der Waals surface area contributed by atoms with Crippen LogP contribution in [0.15, 0.2) is 66.2 Å². The predicted molar refractivity (Wildman–Crippen MR) is 126 cm³/mol. The van der Waals surface area contributed by atoms with Crippen LogP contribution in [0.25, 0.3) is 11.8 Å². The van der Waals surface area contributed by atoms with Crippen molar-refractivity contribution in [3.8, 4) is 11.8 Å². The zero-order valence-corrected chi connectivity index (χ0v) is 18.9. The van der Waals surface area contributed by atoms with Gasteiger partial charge in [-0.3, -0.25) is 4.79 Å². The van der Waals surface area contributed by atoms with E-state index in [1.54, 1.807) is 6.08 Å². The summed E-state index contributed by atoms with van der Waals surface area (Å²) in [6, 6.07) is 22.2. The minimum absolute atomic E-state index is 0.0965. The van der Waals surface area contributed by atoms with Crippen LogP contribution in [0.2, 0.25) is 0 Å². The second-order valence-electron chi connectivity index (χ2n) is 8.80. The number of carbonyl (C=O) groups excluding carboxylic acids is 1. The molecule has 0 unspecified atom stereocenters. The van der Waals surface area contributed by atoms with Gasteiger partial charge in [-0.1, -0.05) is 63.2 Å². The van der Waals surface area contributed by atoms with E-state index in [0.717, 1.165) is 28.2 Å². The lowest BCUT2D eigenvalue weighted by Crippen LogP contribution is -2.23. The summed E-state index contributed by atoms with van der Waals surface area (Å²) in [6.45, 7) is 11.0. The number of nitrogens with zero attached hydrogens (tertiary/aromatic N) is 2. The van der Waals surface area contributed by atoms with E-state index in [0.29, 0.717) is 6.54 Å². The lowest BCUT2D eigenvalue weighted by atomic mass is 9.87. The van der Waals surface area contributed by atoms with Crippen LogP contribution in [0.4, 0.5) is 0 Å². The average molecular weight is 412 g/mol. The van der Waals surface area contributed by atoms with Gasteiger partial charge in [-0.05, 0) is 60.2 Å². The van der Waals surface area contributed by atoms with Crippen molar-refractivity contribution in [2.45, 2.75) is 46.6 Å². The van der Waals surface area contributed by atoms with Gasteiger partial charge < -0.3 is 9.88 Å². The first-order valence-corrected chi connectivity index (χ1v) is 10.4. The second kappa shape index (κ2) is 9.06. The SMILES string of the molecule is Cc1cc(/C=C(\C#N)C(=O)NCc2ccccc2)c(C)n1-c1ccc(C(C)(C)C)cc1. The molecule has 3 aromatic rings. The Bertz CT molecular complexity index is 1140. The standard InChI is InChI=1S/C27H29N3O/c1-19-15-22(16-23(17-28)26(31)29-18-21-9-7-6-8-10-21)20(2)30(19)25-13-11-24(12-14-25)27(3,4)5/h6-16H,18H2,1-5H3,(H,29,31)/b23-16+. The summed E-state index contributed by atoms with van der Waals surface area (Å²) >= 11 is 0. The molecule has 0 aliphatic rings. The largest absolute Gasteiger partial charge is 0.347 e. The number of amides is 1. The van der Waals surface area contributed by atoms with E-state index in [1.165, 1.54) is 5.56 Å². The Balaban J connectivity index is 1.85. The second-order valence-corrected chi connectivity index (χ2v) is 8.80. The normalized spacial score (nSPS) is 11.8. The number of hydrogen-bond acceptors (Lipinski definition) is 2. The first-order chi connectivity index (χ1) is 14.7. The van der Waals surface area contributed by atoms with Crippen LogP contribution in [0.1, 0.15) is 48.8 Å². The number of hydrogen-bond donors (Lipinski definition) is 1. The molecule has 3 rings (SSSR count). The Morgan fingerprint density at radius 1 is 1.06 bits per heavy atom. The van der Waals surface area contributed by atoms with Crippen LogP contribution < -0.4 is 5.32 Å². The molecule has 0 spiro atoms. The summed E-state index contributed by atoms with van der Waals surface area (Å²) in [7, 11) is 0. The number of carbonyl (C=O) groups is 1. The molecule has 0 fully saturated rings. The minimum atomic E-state index is -0.370. The van der Waals surface area contributed by atoms with Gasteiger partial charge in [0.2, 0.25) is 0 Å². The van der Waals surface area contributed by atoms with E-state index in [4.69, 9.17) is 0 Å². The third kappa shape index (κ3) is 5.13. The number of benzene rings is 2. The monoisotopic (exact) mass is 411 g/mol. The van der Waals surface area contributed by atoms with Crippen molar-refractivity contribution in [2.24, 2.45) is 0 Å². The molecule has 1 N–H and O–H groups in total. The first kappa shape index (κ1) is 22.1. The van der Waals surface area contributed by atoms with Crippen molar-refractivity contribution in [3.05, 3.63) is 94.3 Å². The lowest BCUT2D eigenvalue weighted by Gasteiger charge is -2.20. The molecule has 1 amide bonds. The summed E-state index contributed by atoms with van der Waals surface area (Å²) < 4.78 is 2.15. The molecule has 2 aromatic carbocycles. The third-order valence-electron chi connectivity index (χ3n) is 5.42. The maximum Gasteiger partial charge on any atom is 0.262 e. The maximum atomic E-state index is 12.5. The Kier molecular flexibility index (Phi) is 6.46. The van der Waals surface area contributed by atoms with Crippen LogP contribution in [-0.4, -0.2) is 10.5 Å². The van der Waals surface area contributed by atoms with Crippen molar-refractivity contribution in [2.75, 3.05) is 0 Å². The number of aromatic nitrogens is 1. The van der Waals surface area contributed by atoms with E-state index >= 15 is 0 Å². The van der Waals surface area contributed by atoms with E-state index in [2.05, 4.69) is 54.9 Å². The Morgan fingerprint density at radius 2 is 1.71 bits per heavy atom. The highest BCUT2D eigenvalue weighted by molar-refractivity contribution is 6.01. The molecule has 4 nitrogen and oxygen atoms in total. The van der Waals surface area contributed by atoms with Crippen molar-refractivity contribution in [1.29, 1.82) is 5.26 Å². The molecule has 1 heterocycles. The maximum absolute atomic E-state index is 12.5. The highest BCUT2D eigenvalue weighted by atomic mass is 16.1. The van der Waals surface area contributed by atoms with E-state index in [-0.39, 0.29) is 16.9 Å². The van der Waals surface area contributed by atoms with E-state index < -0.39 is 0 Å². The molecule has 31 heavy (non-hydrogen) atoms. The average Bonchev–Trinajstić information content (AvgIpc) is 3.03. The molecule has 0 atom stereocenters. The van der Waals surface area contributed by atoms with Crippen molar-refractivity contribution >= 4 is 12.0 Å². The summed E-state index contributed by atoms with van der Waals surface area (Å²) in [6.07, 6.45) is 1.67. The van der Waals surface area contributed by atoms with Gasteiger partial charge in [0.05, 0.1) is 0 Å². The fraction of sp³-hybridized carbons (Fsp3) is 0.259. The quantitative estimate of drug-likeness (QED) is 0.438. The summed E-state index contributed by atoms with van der Waals surface area (Å²) in [5.41, 5.74) is 6.43. The molecule has 0 aliphatic carbocycles. The molecular formula is C27H29N3O. The van der Waals surface area contributed by atoms with Crippen LogP contribution in [0.3, 0.4) is 0 Å². The number of rotatable bonds is 5. The molecule has 0 saturated heterocycles. The molecule has 0 aliphatic heterocycles. The third-order valence-corrected chi connectivity index (χ3v) is 5.42. The fourth-order valence-electron chi connectivity index (χ4n) is 3.62. The van der Waals surface area contributed by atoms with Crippen molar-refractivity contribution < 1.29 is 4.79 Å². The molecule has 0 bridgehead atoms. The van der Waals surface area contributed by atoms with Gasteiger partial charge in [0.25, 0.3) is 5.91 Å². The highest BCUT2D eigenvalue weighted by Gasteiger charge is 2.16. The fourth-order valence-corrected chi connectivity index (χ4v) is 3.62. The minimum Gasteiger partial charge on any atom is -0.347 e. The summed E-state index contributed by atoms with van der Waals surface area (Å²) in [4.78, 5) is 12.5.